The molecule has 3 aromatic heterocycles. The smallest absolute Gasteiger partial charge is 0.138 e. The first-order chi connectivity index (χ1) is 20.8. The second-order valence-electron chi connectivity index (χ2n) is 10.8. The Morgan fingerprint density at radius 1 is 0.452 bits per heavy atom. The standard InChI is InChI=1S/C39H24N2S/c1-3-11-25(12-4-1)36-29-15-7-8-16-30(29)37(26-13-5-2-6-14-26)33-23-27(19-21-31(33)36)28-20-22-35-40-38-32-17-9-10-18-34(32)42-39(38)41(35)24-28/h1-24H. The molecule has 196 valence electrons. The van der Waals surface area contributed by atoms with Crippen molar-refractivity contribution in [2.45, 2.75) is 0 Å². The van der Waals surface area contributed by atoms with E-state index in [4.69, 9.17) is 4.98 Å². The van der Waals surface area contributed by atoms with Crippen molar-refractivity contribution in [1.29, 1.82) is 0 Å². The number of fused-ring (bicyclic) bond motifs is 7. The maximum atomic E-state index is 4.99. The zero-order valence-corrected chi connectivity index (χ0v) is 23.5. The van der Waals surface area contributed by atoms with Gasteiger partial charge in [-0.25, -0.2) is 4.98 Å². The Morgan fingerprint density at radius 3 is 1.74 bits per heavy atom. The van der Waals surface area contributed by atoms with E-state index < -0.39 is 0 Å². The number of hydrogen-bond donors (Lipinski definition) is 0. The Hall–Kier alpha value is -5.25. The number of benzene rings is 6. The highest BCUT2D eigenvalue weighted by Crippen LogP contribution is 2.45. The van der Waals surface area contributed by atoms with Crippen molar-refractivity contribution in [2.75, 3.05) is 0 Å². The van der Waals surface area contributed by atoms with E-state index in [-0.39, 0.29) is 0 Å². The first-order valence-corrected chi connectivity index (χ1v) is 15.0. The van der Waals surface area contributed by atoms with Crippen molar-refractivity contribution in [3.63, 3.8) is 0 Å². The molecule has 0 atom stereocenters. The number of nitrogens with zero attached hydrogens (tertiary/aromatic N) is 2. The van der Waals surface area contributed by atoms with E-state index in [0.29, 0.717) is 0 Å². The van der Waals surface area contributed by atoms with Crippen molar-refractivity contribution < 1.29 is 0 Å². The molecule has 0 spiro atoms. The summed E-state index contributed by atoms with van der Waals surface area (Å²) in [5.41, 5.74) is 9.45. The molecule has 42 heavy (non-hydrogen) atoms. The van der Waals surface area contributed by atoms with Crippen molar-refractivity contribution in [3.05, 3.63) is 146 Å². The van der Waals surface area contributed by atoms with Crippen LogP contribution in [0.25, 0.3) is 81.0 Å². The van der Waals surface area contributed by atoms with Crippen LogP contribution < -0.4 is 0 Å². The molecule has 0 aliphatic carbocycles. The summed E-state index contributed by atoms with van der Waals surface area (Å²) < 4.78 is 3.53. The minimum Gasteiger partial charge on any atom is -0.290 e. The van der Waals surface area contributed by atoms with Gasteiger partial charge in [-0.1, -0.05) is 115 Å². The van der Waals surface area contributed by atoms with Gasteiger partial charge in [0.1, 0.15) is 16.0 Å². The van der Waals surface area contributed by atoms with Crippen LogP contribution in [0.4, 0.5) is 0 Å². The van der Waals surface area contributed by atoms with Crippen LogP contribution in [0.5, 0.6) is 0 Å². The Bertz CT molecular complexity index is 2450. The lowest BCUT2D eigenvalue weighted by Gasteiger charge is -2.18. The van der Waals surface area contributed by atoms with Gasteiger partial charge >= 0.3 is 0 Å². The Balaban J connectivity index is 1.35. The van der Waals surface area contributed by atoms with Gasteiger partial charge in [-0.2, -0.15) is 0 Å². The Kier molecular flexibility index (Phi) is 5.10. The van der Waals surface area contributed by atoms with Crippen molar-refractivity contribution in [1.82, 2.24) is 9.38 Å². The highest BCUT2D eigenvalue weighted by molar-refractivity contribution is 7.25. The van der Waals surface area contributed by atoms with E-state index in [2.05, 4.69) is 150 Å². The zero-order valence-electron chi connectivity index (χ0n) is 22.7. The fourth-order valence-corrected chi connectivity index (χ4v) is 7.64. The molecule has 0 unspecified atom stereocenters. The quantitative estimate of drug-likeness (QED) is 0.199. The van der Waals surface area contributed by atoms with Gasteiger partial charge in [0.05, 0.1) is 0 Å². The molecule has 6 aromatic carbocycles. The third-order valence-electron chi connectivity index (χ3n) is 8.41. The van der Waals surface area contributed by atoms with E-state index in [9.17, 15) is 0 Å². The van der Waals surface area contributed by atoms with E-state index in [0.717, 1.165) is 11.2 Å². The second-order valence-corrected chi connectivity index (χ2v) is 11.8. The van der Waals surface area contributed by atoms with E-state index in [1.165, 1.54) is 69.8 Å². The lowest BCUT2D eigenvalue weighted by molar-refractivity contribution is 1.24. The van der Waals surface area contributed by atoms with Crippen molar-refractivity contribution in [2.24, 2.45) is 0 Å². The largest absolute Gasteiger partial charge is 0.290 e. The minimum atomic E-state index is 0.980. The molecule has 0 aliphatic rings. The maximum Gasteiger partial charge on any atom is 0.138 e. The predicted octanol–water partition coefficient (Wildman–Crippen LogP) is 11.0. The fraction of sp³-hybridized carbons (Fsp3) is 0. The molecule has 0 fully saturated rings. The summed E-state index contributed by atoms with van der Waals surface area (Å²) >= 11 is 1.81. The summed E-state index contributed by atoms with van der Waals surface area (Å²) in [5.74, 6) is 0. The van der Waals surface area contributed by atoms with Gasteiger partial charge in [-0.15, -0.1) is 11.3 Å². The molecule has 0 radical (unpaired) electrons. The molecule has 2 nitrogen and oxygen atoms in total. The normalized spacial score (nSPS) is 11.8. The maximum absolute atomic E-state index is 4.99. The topological polar surface area (TPSA) is 17.3 Å². The number of pyridine rings is 1. The Morgan fingerprint density at radius 2 is 1.02 bits per heavy atom. The molecule has 3 heteroatoms. The van der Waals surface area contributed by atoms with Gasteiger partial charge in [-0.05, 0) is 79.2 Å². The molecule has 0 bridgehead atoms. The third-order valence-corrected chi connectivity index (χ3v) is 9.57. The number of thiophene rings is 1. The molecule has 0 N–H and O–H groups in total. The van der Waals surface area contributed by atoms with Crippen LogP contribution in [0.1, 0.15) is 0 Å². The first-order valence-electron chi connectivity index (χ1n) is 14.2. The summed E-state index contributed by atoms with van der Waals surface area (Å²) in [4.78, 5) is 6.19. The average Bonchev–Trinajstić information content (AvgIpc) is 3.60. The monoisotopic (exact) mass is 552 g/mol. The van der Waals surface area contributed by atoms with Crippen LogP contribution >= 0.6 is 11.3 Å². The molecule has 0 saturated heterocycles. The van der Waals surface area contributed by atoms with Crippen LogP contribution in [-0.4, -0.2) is 9.38 Å². The summed E-state index contributed by atoms with van der Waals surface area (Å²) in [6.45, 7) is 0. The van der Waals surface area contributed by atoms with Gasteiger partial charge in [0.2, 0.25) is 0 Å². The molecule has 0 amide bonds. The van der Waals surface area contributed by atoms with Crippen LogP contribution in [0, 0.1) is 0 Å². The number of hydrogen-bond acceptors (Lipinski definition) is 2. The van der Waals surface area contributed by atoms with Crippen LogP contribution in [-0.2, 0) is 0 Å². The lowest BCUT2D eigenvalue weighted by Crippen LogP contribution is -1.92. The highest BCUT2D eigenvalue weighted by atomic mass is 32.1. The number of imidazole rings is 1. The summed E-state index contributed by atoms with van der Waals surface area (Å²) in [7, 11) is 0. The molecule has 0 aliphatic heterocycles. The average molecular weight is 553 g/mol. The SMILES string of the molecule is c1ccc(-c2c3ccccc3c(-c3ccccc3)c3cc(-c4ccc5nc6c7ccccc7sc6n5c4)ccc23)cc1. The van der Waals surface area contributed by atoms with Crippen LogP contribution in [0.3, 0.4) is 0 Å². The zero-order chi connectivity index (χ0) is 27.6. The summed E-state index contributed by atoms with van der Waals surface area (Å²) in [5, 5.41) is 6.28. The molecule has 9 aromatic rings. The van der Waals surface area contributed by atoms with Gasteiger partial charge in [-0.3, -0.25) is 4.40 Å². The predicted molar refractivity (Wildman–Crippen MR) is 179 cm³/mol. The fourth-order valence-electron chi connectivity index (χ4n) is 6.51. The highest BCUT2D eigenvalue weighted by Gasteiger charge is 2.18. The minimum absolute atomic E-state index is 0.980. The number of aromatic nitrogens is 2. The Labute approximate surface area is 246 Å². The second kappa shape index (κ2) is 9.13. The van der Waals surface area contributed by atoms with Gasteiger partial charge in [0, 0.05) is 16.3 Å². The van der Waals surface area contributed by atoms with Crippen LogP contribution in [0.2, 0.25) is 0 Å². The molecule has 9 rings (SSSR count). The summed E-state index contributed by atoms with van der Waals surface area (Å²) in [6.07, 6.45) is 2.25. The van der Waals surface area contributed by atoms with Gasteiger partial charge < -0.3 is 0 Å². The van der Waals surface area contributed by atoms with Gasteiger partial charge in [0.15, 0.2) is 0 Å². The molecular weight excluding hydrogens is 529 g/mol. The van der Waals surface area contributed by atoms with E-state index >= 15 is 0 Å². The first kappa shape index (κ1) is 23.5. The number of rotatable bonds is 3. The molecule has 0 saturated carbocycles. The van der Waals surface area contributed by atoms with Gasteiger partial charge in [0.25, 0.3) is 0 Å². The molecule has 3 heterocycles. The van der Waals surface area contributed by atoms with Crippen molar-refractivity contribution >= 4 is 59.0 Å². The summed E-state index contributed by atoms with van der Waals surface area (Å²) in [6, 6.07) is 50.3. The van der Waals surface area contributed by atoms with Crippen molar-refractivity contribution in [3.8, 4) is 33.4 Å². The lowest BCUT2D eigenvalue weighted by atomic mass is 9.85. The van der Waals surface area contributed by atoms with E-state index in [1.54, 1.807) is 11.3 Å². The molecular formula is C39H24N2S. The third kappa shape index (κ3) is 3.47. The van der Waals surface area contributed by atoms with E-state index in [1.807, 2.05) is 0 Å². The van der Waals surface area contributed by atoms with Crippen LogP contribution in [0.15, 0.2) is 146 Å².